The first-order chi connectivity index (χ1) is 14.9. The van der Waals surface area contributed by atoms with Gasteiger partial charge in [0.1, 0.15) is 0 Å². The third-order valence-corrected chi connectivity index (χ3v) is 5.52. The molecule has 0 aliphatic carbocycles. The fourth-order valence-electron chi connectivity index (χ4n) is 3.68. The highest BCUT2D eigenvalue weighted by Gasteiger charge is 2.35. The smallest absolute Gasteiger partial charge is 0.337 e. The first-order valence-electron chi connectivity index (χ1n) is 10.2. The van der Waals surface area contributed by atoms with Crippen LogP contribution in [0.25, 0.3) is 0 Å². The molecule has 0 spiro atoms. The molecule has 3 aromatic rings. The van der Waals surface area contributed by atoms with Gasteiger partial charge in [0, 0.05) is 11.3 Å². The quantitative estimate of drug-likeness (QED) is 0.396. The normalized spacial score (nSPS) is 12.2. The summed E-state index contributed by atoms with van der Waals surface area (Å²) in [5, 5.41) is 12.7. The van der Waals surface area contributed by atoms with Gasteiger partial charge in [0.15, 0.2) is 0 Å². The van der Waals surface area contributed by atoms with E-state index in [2.05, 4.69) is 19.2 Å². The average molecular weight is 434 g/mol. The molecule has 0 amide bonds. The topological polar surface area (TPSA) is 58.6 Å². The van der Waals surface area contributed by atoms with Gasteiger partial charge in [0.25, 0.3) is 0 Å². The second-order valence-electron chi connectivity index (χ2n) is 8.15. The SMILES string of the molecule is CC(C)(COCc1ccccc1)C(C(=S)Nc1ccccc1C(=O)O)c1ccccc1. The minimum Gasteiger partial charge on any atom is -0.478 e. The van der Waals surface area contributed by atoms with Crippen molar-refractivity contribution >= 4 is 28.9 Å². The Bertz CT molecular complexity index is 1020. The van der Waals surface area contributed by atoms with Gasteiger partial charge < -0.3 is 15.2 Å². The van der Waals surface area contributed by atoms with Gasteiger partial charge in [-0.2, -0.15) is 0 Å². The highest BCUT2D eigenvalue weighted by atomic mass is 32.1. The molecule has 31 heavy (non-hydrogen) atoms. The molecule has 0 radical (unpaired) electrons. The lowest BCUT2D eigenvalue weighted by Gasteiger charge is -2.35. The zero-order valence-electron chi connectivity index (χ0n) is 17.7. The van der Waals surface area contributed by atoms with E-state index in [9.17, 15) is 9.90 Å². The first-order valence-corrected chi connectivity index (χ1v) is 10.6. The molecule has 0 aliphatic heterocycles. The molecule has 0 bridgehead atoms. The summed E-state index contributed by atoms with van der Waals surface area (Å²) in [5.74, 6) is -1.16. The van der Waals surface area contributed by atoms with Crippen LogP contribution in [-0.4, -0.2) is 22.7 Å². The fourth-order valence-corrected chi connectivity index (χ4v) is 4.24. The maximum atomic E-state index is 11.6. The standard InChI is InChI=1S/C26H27NO3S/c1-26(2,18-30-17-19-11-5-3-6-12-19)23(20-13-7-4-8-14-20)24(31)27-22-16-10-9-15-21(22)25(28)29/h3-16,23H,17-18H2,1-2H3,(H,27,31)(H,28,29). The van der Waals surface area contributed by atoms with Crippen LogP contribution in [0.4, 0.5) is 5.69 Å². The maximum Gasteiger partial charge on any atom is 0.337 e. The number of ether oxygens (including phenoxy) is 1. The summed E-state index contributed by atoms with van der Waals surface area (Å²) in [4.78, 5) is 12.2. The molecule has 1 unspecified atom stereocenters. The van der Waals surface area contributed by atoms with Crippen molar-refractivity contribution in [3.05, 3.63) is 102 Å². The number of aromatic carboxylic acids is 1. The van der Waals surface area contributed by atoms with Gasteiger partial charge in [-0.3, -0.25) is 0 Å². The van der Waals surface area contributed by atoms with Gasteiger partial charge in [-0.25, -0.2) is 4.79 Å². The van der Waals surface area contributed by atoms with Crippen LogP contribution in [0.15, 0.2) is 84.9 Å². The zero-order valence-corrected chi connectivity index (χ0v) is 18.6. The zero-order chi connectivity index (χ0) is 22.3. The Balaban J connectivity index is 1.82. The Labute approximate surface area is 188 Å². The van der Waals surface area contributed by atoms with Crippen LogP contribution in [0, 0.1) is 5.41 Å². The fraction of sp³-hybridized carbons (Fsp3) is 0.231. The molecule has 0 heterocycles. The van der Waals surface area contributed by atoms with Crippen molar-refractivity contribution in [3.63, 3.8) is 0 Å². The molecular formula is C26H27NO3S. The molecule has 2 N–H and O–H groups in total. The number of carbonyl (C=O) groups is 1. The molecule has 0 fully saturated rings. The summed E-state index contributed by atoms with van der Waals surface area (Å²) in [5.41, 5.74) is 2.52. The lowest BCUT2D eigenvalue weighted by Crippen LogP contribution is -2.35. The van der Waals surface area contributed by atoms with Crippen molar-refractivity contribution in [2.45, 2.75) is 26.4 Å². The van der Waals surface area contributed by atoms with Crippen molar-refractivity contribution in [2.75, 3.05) is 11.9 Å². The van der Waals surface area contributed by atoms with E-state index in [1.807, 2.05) is 60.7 Å². The summed E-state index contributed by atoms with van der Waals surface area (Å²) in [6.45, 7) is 5.25. The van der Waals surface area contributed by atoms with Crippen molar-refractivity contribution in [1.29, 1.82) is 0 Å². The second kappa shape index (κ2) is 10.3. The number of carboxylic acids is 1. The second-order valence-corrected chi connectivity index (χ2v) is 8.59. The molecule has 1 atom stereocenters. The first kappa shape index (κ1) is 22.7. The van der Waals surface area contributed by atoms with Crippen LogP contribution in [-0.2, 0) is 11.3 Å². The Hall–Kier alpha value is -3.02. The van der Waals surface area contributed by atoms with E-state index in [1.54, 1.807) is 24.3 Å². The third kappa shape index (κ3) is 6.00. The van der Waals surface area contributed by atoms with Gasteiger partial charge in [0.2, 0.25) is 0 Å². The van der Waals surface area contributed by atoms with Crippen LogP contribution in [0.1, 0.15) is 41.3 Å². The third-order valence-electron chi connectivity index (χ3n) is 5.18. The summed E-state index contributed by atoms with van der Waals surface area (Å²) in [6, 6.07) is 26.9. The molecule has 4 nitrogen and oxygen atoms in total. The van der Waals surface area contributed by atoms with Crippen LogP contribution in [0.5, 0.6) is 0 Å². The van der Waals surface area contributed by atoms with Gasteiger partial charge in [-0.1, -0.05) is 98.9 Å². The molecular weight excluding hydrogens is 406 g/mol. The molecule has 0 saturated carbocycles. The number of carboxylic acid groups (broad SMARTS) is 1. The minimum absolute atomic E-state index is 0.165. The van der Waals surface area contributed by atoms with Gasteiger partial charge in [-0.05, 0) is 23.3 Å². The number of hydrogen-bond donors (Lipinski definition) is 2. The highest BCUT2D eigenvalue weighted by molar-refractivity contribution is 7.80. The van der Waals surface area contributed by atoms with E-state index in [4.69, 9.17) is 17.0 Å². The Kier molecular flexibility index (Phi) is 7.55. The Morgan fingerprint density at radius 3 is 2.19 bits per heavy atom. The summed E-state index contributed by atoms with van der Waals surface area (Å²) in [6.07, 6.45) is 0. The van der Waals surface area contributed by atoms with Crippen molar-refractivity contribution in [2.24, 2.45) is 5.41 Å². The predicted octanol–water partition coefficient (Wildman–Crippen LogP) is 6.15. The van der Waals surface area contributed by atoms with Gasteiger partial charge in [-0.15, -0.1) is 0 Å². The minimum atomic E-state index is -0.993. The van der Waals surface area contributed by atoms with Crippen LogP contribution in [0.2, 0.25) is 0 Å². The number of rotatable bonds is 9. The van der Waals surface area contributed by atoms with Crippen molar-refractivity contribution in [3.8, 4) is 0 Å². The largest absolute Gasteiger partial charge is 0.478 e. The number of nitrogens with one attached hydrogen (secondary N) is 1. The maximum absolute atomic E-state index is 11.6. The van der Waals surface area contributed by atoms with E-state index >= 15 is 0 Å². The number of hydrogen-bond acceptors (Lipinski definition) is 3. The lowest BCUT2D eigenvalue weighted by atomic mass is 9.75. The molecule has 0 saturated heterocycles. The molecule has 0 aromatic heterocycles. The van der Waals surface area contributed by atoms with Gasteiger partial charge >= 0.3 is 5.97 Å². The Morgan fingerprint density at radius 1 is 0.968 bits per heavy atom. The number of benzene rings is 3. The molecule has 3 aromatic carbocycles. The summed E-state index contributed by atoms with van der Waals surface area (Å²) in [7, 11) is 0. The van der Waals surface area contributed by atoms with Crippen LogP contribution in [0.3, 0.4) is 0 Å². The Morgan fingerprint density at radius 2 is 1.55 bits per heavy atom. The molecule has 3 rings (SSSR count). The van der Waals surface area contributed by atoms with Crippen molar-refractivity contribution < 1.29 is 14.6 Å². The van der Waals surface area contributed by atoms with Crippen molar-refractivity contribution in [1.82, 2.24) is 0 Å². The lowest BCUT2D eigenvalue weighted by molar-refractivity contribution is 0.0473. The number of thiocarbonyl (C=S) groups is 1. The predicted molar refractivity (Wildman–Crippen MR) is 129 cm³/mol. The van der Waals surface area contributed by atoms with E-state index in [1.165, 1.54) is 0 Å². The van der Waals surface area contributed by atoms with E-state index in [-0.39, 0.29) is 16.9 Å². The van der Waals surface area contributed by atoms with E-state index < -0.39 is 5.97 Å². The number of anilines is 1. The summed E-state index contributed by atoms with van der Waals surface area (Å²) >= 11 is 5.82. The van der Waals surface area contributed by atoms with E-state index in [0.717, 1.165) is 11.1 Å². The highest BCUT2D eigenvalue weighted by Crippen LogP contribution is 2.38. The van der Waals surface area contributed by atoms with Crippen LogP contribution < -0.4 is 5.32 Å². The molecule has 5 heteroatoms. The molecule has 0 aliphatic rings. The monoisotopic (exact) mass is 433 g/mol. The average Bonchev–Trinajstić information content (AvgIpc) is 2.75. The van der Waals surface area contributed by atoms with Crippen LogP contribution >= 0.6 is 12.2 Å². The van der Waals surface area contributed by atoms with Gasteiger partial charge in [0.05, 0.1) is 29.5 Å². The summed E-state index contributed by atoms with van der Waals surface area (Å²) < 4.78 is 6.07. The van der Waals surface area contributed by atoms with E-state index in [0.29, 0.717) is 23.9 Å². The molecule has 160 valence electrons. The number of para-hydroxylation sites is 1.